The lowest BCUT2D eigenvalue weighted by molar-refractivity contribution is 0.0951. The van der Waals surface area contributed by atoms with Crippen molar-refractivity contribution in [2.24, 2.45) is 0 Å². The van der Waals surface area contributed by atoms with E-state index in [0.29, 0.717) is 17.7 Å². The van der Waals surface area contributed by atoms with E-state index in [1.54, 1.807) is 36.4 Å². The number of halogens is 1. The molecule has 0 saturated heterocycles. The maximum Gasteiger partial charge on any atom is 0.251 e. The third kappa shape index (κ3) is 6.65. The van der Waals surface area contributed by atoms with Crippen LogP contribution in [0.25, 0.3) is 0 Å². The molecular formula is C19H23FN2O4S. The third-order valence-electron chi connectivity index (χ3n) is 4.01. The number of sulfonamides is 1. The number of rotatable bonds is 9. The highest BCUT2D eigenvalue weighted by Crippen LogP contribution is 2.12. The van der Waals surface area contributed by atoms with Gasteiger partial charge < -0.3 is 10.1 Å². The Hall–Kier alpha value is -2.45. The first kappa shape index (κ1) is 20.9. The van der Waals surface area contributed by atoms with E-state index >= 15 is 0 Å². The molecule has 0 heterocycles. The summed E-state index contributed by atoms with van der Waals surface area (Å²) in [6.45, 7) is 0.571. The van der Waals surface area contributed by atoms with Crippen LogP contribution in [0.3, 0.4) is 0 Å². The molecule has 0 spiro atoms. The molecule has 0 fully saturated rings. The van der Waals surface area contributed by atoms with Crippen LogP contribution in [-0.4, -0.2) is 51.6 Å². The van der Waals surface area contributed by atoms with Gasteiger partial charge in [-0.1, -0.05) is 18.2 Å². The molecule has 0 aliphatic heterocycles. The van der Waals surface area contributed by atoms with Crippen LogP contribution in [0.4, 0.5) is 4.39 Å². The lowest BCUT2D eigenvalue weighted by atomic mass is 10.1. The quantitative estimate of drug-likeness (QED) is 0.707. The standard InChI is InChI=1S/C19H23FN2O4S/c1-26-18-5-3-4-16(14-18)19(23)21-11-13-22(27(2,24)25)12-10-15-6-8-17(20)9-7-15/h3-9,14H,10-13H2,1-2H3,(H,21,23). The first-order valence-corrected chi connectivity index (χ1v) is 10.3. The van der Waals surface area contributed by atoms with Gasteiger partial charge in [-0.25, -0.2) is 17.1 Å². The Bertz CT molecular complexity index is 870. The molecule has 1 N–H and O–H groups in total. The van der Waals surface area contributed by atoms with Gasteiger partial charge in [-0.3, -0.25) is 4.79 Å². The molecule has 0 unspecified atom stereocenters. The Morgan fingerprint density at radius 2 is 1.85 bits per heavy atom. The molecule has 0 aliphatic carbocycles. The molecule has 8 heteroatoms. The number of nitrogens with zero attached hydrogens (tertiary/aromatic N) is 1. The van der Waals surface area contributed by atoms with Gasteiger partial charge >= 0.3 is 0 Å². The number of amides is 1. The minimum atomic E-state index is -3.43. The van der Waals surface area contributed by atoms with E-state index in [9.17, 15) is 17.6 Å². The fourth-order valence-corrected chi connectivity index (χ4v) is 3.35. The number of ether oxygens (including phenoxy) is 1. The molecule has 2 aromatic carbocycles. The van der Waals surface area contributed by atoms with Crippen molar-refractivity contribution in [3.05, 3.63) is 65.5 Å². The number of benzene rings is 2. The lowest BCUT2D eigenvalue weighted by Crippen LogP contribution is -2.39. The van der Waals surface area contributed by atoms with Crippen molar-refractivity contribution in [3.63, 3.8) is 0 Å². The van der Waals surface area contributed by atoms with Gasteiger partial charge in [-0.05, 0) is 42.3 Å². The van der Waals surface area contributed by atoms with Gasteiger partial charge in [0.05, 0.1) is 13.4 Å². The van der Waals surface area contributed by atoms with Crippen LogP contribution in [0.2, 0.25) is 0 Å². The van der Waals surface area contributed by atoms with Crippen molar-refractivity contribution in [1.82, 2.24) is 9.62 Å². The second kappa shape index (κ2) is 9.48. The monoisotopic (exact) mass is 394 g/mol. The zero-order valence-corrected chi connectivity index (χ0v) is 16.1. The summed E-state index contributed by atoms with van der Waals surface area (Å²) in [5.74, 6) is -0.0698. The average molecular weight is 394 g/mol. The van der Waals surface area contributed by atoms with Crippen molar-refractivity contribution >= 4 is 15.9 Å². The Morgan fingerprint density at radius 3 is 2.48 bits per heavy atom. The second-order valence-electron chi connectivity index (χ2n) is 6.03. The predicted octanol–water partition coefficient (Wildman–Crippen LogP) is 2.07. The number of carbonyl (C=O) groups excluding carboxylic acids is 1. The number of carbonyl (C=O) groups is 1. The highest BCUT2D eigenvalue weighted by Gasteiger charge is 2.17. The van der Waals surface area contributed by atoms with Crippen molar-refractivity contribution in [2.75, 3.05) is 33.0 Å². The molecule has 0 bridgehead atoms. The summed E-state index contributed by atoms with van der Waals surface area (Å²) in [6.07, 6.45) is 1.58. The largest absolute Gasteiger partial charge is 0.497 e. The molecule has 6 nitrogen and oxygen atoms in total. The van der Waals surface area contributed by atoms with Gasteiger partial charge in [-0.15, -0.1) is 0 Å². The summed E-state index contributed by atoms with van der Waals surface area (Å²) in [7, 11) is -1.91. The van der Waals surface area contributed by atoms with Gasteiger partial charge in [-0.2, -0.15) is 0 Å². The van der Waals surface area contributed by atoms with Crippen LogP contribution in [0, 0.1) is 5.82 Å². The third-order valence-corrected chi connectivity index (χ3v) is 5.31. The van der Waals surface area contributed by atoms with E-state index in [4.69, 9.17) is 4.74 Å². The molecular weight excluding hydrogens is 371 g/mol. The Morgan fingerprint density at radius 1 is 1.15 bits per heavy atom. The summed E-state index contributed by atoms with van der Waals surface area (Å²) in [5.41, 5.74) is 1.28. The summed E-state index contributed by atoms with van der Waals surface area (Å²) < 4.78 is 43.3. The van der Waals surface area contributed by atoms with E-state index in [1.165, 1.54) is 23.5 Å². The number of hydrogen-bond donors (Lipinski definition) is 1. The highest BCUT2D eigenvalue weighted by atomic mass is 32.2. The van der Waals surface area contributed by atoms with Crippen molar-refractivity contribution in [2.45, 2.75) is 6.42 Å². The van der Waals surface area contributed by atoms with Gasteiger partial charge in [0.2, 0.25) is 10.0 Å². The van der Waals surface area contributed by atoms with Gasteiger partial charge in [0.25, 0.3) is 5.91 Å². The Labute approximate surface area is 159 Å². The van der Waals surface area contributed by atoms with Gasteiger partial charge in [0, 0.05) is 25.2 Å². The molecule has 27 heavy (non-hydrogen) atoms. The lowest BCUT2D eigenvalue weighted by Gasteiger charge is -2.20. The number of hydrogen-bond acceptors (Lipinski definition) is 4. The minimum Gasteiger partial charge on any atom is -0.497 e. The minimum absolute atomic E-state index is 0.149. The van der Waals surface area contributed by atoms with E-state index in [1.807, 2.05) is 0 Å². The fraction of sp³-hybridized carbons (Fsp3) is 0.316. The van der Waals surface area contributed by atoms with Crippen molar-refractivity contribution in [1.29, 1.82) is 0 Å². The first-order chi connectivity index (χ1) is 12.8. The van der Waals surface area contributed by atoms with Crippen LogP contribution >= 0.6 is 0 Å². The number of nitrogens with one attached hydrogen (secondary N) is 1. The summed E-state index contributed by atoms with van der Waals surface area (Å²) in [5, 5.41) is 2.71. The second-order valence-corrected chi connectivity index (χ2v) is 8.01. The first-order valence-electron chi connectivity index (χ1n) is 8.41. The average Bonchev–Trinajstić information content (AvgIpc) is 2.64. The van der Waals surface area contributed by atoms with Crippen LogP contribution in [-0.2, 0) is 16.4 Å². The van der Waals surface area contributed by atoms with E-state index in [-0.39, 0.29) is 31.4 Å². The topological polar surface area (TPSA) is 75.7 Å². The van der Waals surface area contributed by atoms with E-state index < -0.39 is 10.0 Å². The van der Waals surface area contributed by atoms with E-state index in [2.05, 4.69) is 5.32 Å². The normalized spacial score (nSPS) is 11.4. The molecule has 0 aliphatic rings. The molecule has 1 amide bonds. The Kier molecular flexibility index (Phi) is 7.32. The van der Waals surface area contributed by atoms with Crippen LogP contribution in [0.1, 0.15) is 15.9 Å². The zero-order valence-electron chi connectivity index (χ0n) is 15.3. The van der Waals surface area contributed by atoms with Gasteiger partial charge in [0.15, 0.2) is 0 Å². The zero-order chi connectivity index (χ0) is 19.9. The van der Waals surface area contributed by atoms with Crippen molar-refractivity contribution < 1.29 is 22.3 Å². The molecule has 0 saturated carbocycles. The van der Waals surface area contributed by atoms with E-state index in [0.717, 1.165) is 11.8 Å². The highest BCUT2D eigenvalue weighted by molar-refractivity contribution is 7.88. The molecule has 0 radical (unpaired) electrons. The summed E-state index contributed by atoms with van der Waals surface area (Å²) in [4.78, 5) is 12.2. The summed E-state index contributed by atoms with van der Waals surface area (Å²) >= 11 is 0. The molecule has 0 atom stereocenters. The molecule has 146 valence electrons. The van der Waals surface area contributed by atoms with Crippen LogP contribution < -0.4 is 10.1 Å². The summed E-state index contributed by atoms with van der Waals surface area (Å²) in [6, 6.07) is 12.6. The maximum absolute atomic E-state index is 13.0. The van der Waals surface area contributed by atoms with Crippen LogP contribution in [0.5, 0.6) is 5.75 Å². The number of methoxy groups -OCH3 is 1. The maximum atomic E-state index is 13.0. The van der Waals surface area contributed by atoms with Crippen molar-refractivity contribution in [3.8, 4) is 5.75 Å². The SMILES string of the molecule is COc1cccc(C(=O)NCCN(CCc2ccc(F)cc2)S(C)(=O)=O)c1. The Balaban J connectivity index is 1.90. The molecule has 0 aromatic heterocycles. The van der Waals surface area contributed by atoms with Crippen LogP contribution in [0.15, 0.2) is 48.5 Å². The molecule has 2 aromatic rings. The molecule has 2 rings (SSSR count). The predicted molar refractivity (Wildman–Crippen MR) is 102 cm³/mol. The fourth-order valence-electron chi connectivity index (χ4n) is 2.51. The van der Waals surface area contributed by atoms with Gasteiger partial charge in [0.1, 0.15) is 11.6 Å². The smallest absolute Gasteiger partial charge is 0.251 e.